The maximum absolute atomic E-state index is 5.99. The van der Waals surface area contributed by atoms with Crippen LogP contribution in [0.25, 0.3) is 0 Å². The molecule has 106 valence electrons. The second-order valence-corrected chi connectivity index (χ2v) is 5.40. The molecule has 0 bridgehead atoms. The maximum Gasteiger partial charge on any atom is 0.136 e. The van der Waals surface area contributed by atoms with Gasteiger partial charge in [0.05, 0.1) is 11.6 Å². The summed E-state index contributed by atoms with van der Waals surface area (Å²) < 4.78 is 12.0. The molecule has 0 saturated carbocycles. The van der Waals surface area contributed by atoms with Gasteiger partial charge in [-0.3, -0.25) is 0 Å². The van der Waals surface area contributed by atoms with Crippen LogP contribution in [-0.2, 0) is 0 Å². The Balaban J connectivity index is 2.20. The third-order valence-corrected chi connectivity index (χ3v) is 3.69. The van der Waals surface area contributed by atoms with Crippen molar-refractivity contribution in [3.8, 4) is 11.5 Å². The fourth-order valence-electron chi connectivity index (χ4n) is 1.89. The Morgan fingerprint density at radius 1 is 1.15 bits per heavy atom. The van der Waals surface area contributed by atoms with E-state index in [0.29, 0.717) is 6.54 Å². The van der Waals surface area contributed by atoms with E-state index < -0.39 is 0 Å². The summed E-state index contributed by atoms with van der Waals surface area (Å²) in [6, 6.07) is 13.8. The van der Waals surface area contributed by atoms with E-state index in [0.717, 1.165) is 21.5 Å². The Labute approximate surface area is 127 Å². The molecule has 0 aliphatic carbocycles. The van der Waals surface area contributed by atoms with Gasteiger partial charge < -0.3 is 15.2 Å². The second kappa shape index (κ2) is 6.77. The molecule has 2 aromatic rings. The molecule has 2 rings (SSSR count). The summed E-state index contributed by atoms with van der Waals surface area (Å²) in [5.74, 6) is 1.53. The Bertz CT molecular complexity index is 569. The van der Waals surface area contributed by atoms with E-state index in [1.165, 1.54) is 5.56 Å². The normalized spacial score (nSPS) is 12.0. The average molecular weight is 336 g/mol. The molecule has 0 heterocycles. The van der Waals surface area contributed by atoms with Crippen molar-refractivity contribution in [3.05, 3.63) is 58.1 Å². The molecule has 0 fully saturated rings. The summed E-state index contributed by atoms with van der Waals surface area (Å²) in [4.78, 5) is 0. The van der Waals surface area contributed by atoms with Gasteiger partial charge in [0, 0.05) is 6.54 Å². The van der Waals surface area contributed by atoms with Gasteiger partial charge in [-0.2, -0.15) is 0 Å². The average Bonchev–Trinajstić information content (AvgIpc) is 2.47. The summed E-state index contributed by atoms with van der Waals surface area (Å²) in [7, 11) is 1.64. The van der Waals surface area contributed by atoms with Crippen molar-refractivity contribution >= 4 is 15.9 Å². The molecule has 0 aromatic heterocycles. The standard InChI is InChI=1S/C16H18BrNO2/c1-11-3-5-12(6-4-11)16(10-18)20-15-8-7-13(19-2)9-14(15)17/h3-9,16H,10,18H2,1-2H3. The van der Waals surface area contributed by atoms with E-state index >= 15 is 0 Å². The van der Waals surface area contributed by atoms with Crippen molar-refractivity contribution in [2.24, 2.45) is 5.73 Å². The van der Waals surface area contributed by atoms with Crippen molar-refractivity contribution in [3.63, 3.8) is 0 Å². The molecule has 0 aliphatic heterocycles. The van der Waals surface area contributed by atoms with Gasteiger partial charge in [0.25, 0.3) is 0 Å². The zero-order chi connectivity index (χ0) is 14.5. The Morgan fingerprint density at radius 2 is 1.85 bits per heavy atom. The number of halogens is 1. The van der Waals surface area contributed by atoms with E-state index in [4.69, 9.17) is 15.2 Å². The number of ether oxygens (including phenoxy) is 2. The molecule has 20 heavy (non-hydrogen) atoms. The molecule has 0 spiro atoms. The van der Waals surface area contributed by atoms with Crippen LogP contribution in [0.2, 0.25) is 0 Å². The minimum Gasteiger partial charge on any atom is -0.497 e. The van der Waals surface area contributed by atoms with Gasteiger partial charge in [-0.15, -0.1) is 0 Å². The van der Waals surface area contributed by atoms with Gasteiger partial charge in [0.1, 0.15) is 17.6 Å². The molecular weight excluding hydrogens is 318 g/mol. The quantitative estimate of drug-likeness (QED) is 0.902. The molecule has 1 atom stereocenters. The van der Waals surface area contributed by atoms with E-state index in [9.17, 15) is 0 Å². The van der Waals surface area contributed by atoms with Crippen molar-refractivity contribution in [1.82, 2.24) is 0 Å². The lowest BCUT2D eigenvalue weighted by Crippen LogP contribution is -2.18. The van der Waals surface area contributed by atoms with Crippen molar-refractivity contribution in [2.45, 2.75) is 13.0 Å². The fraction of sp³-hybridized carbons (Fsp3) is 0.250. The lowest BCUT2D eigenvalue weighted by Gasteiger charge is -2.19. The van der Waals surface area contributed by atoms with Gasteiger partial charge in [0.2, 0.25) is 0 Å². The van der Waals surface area contributed by atoms with Gasteiger partial charge in [-0.1, -0.05) is 29.8 Å². The van der Waals surface area contributed by atoms with Gasteiger partial charge >= 0.3 is 0 Å². The smallest absolute Gasteiger partial charge is 0.136 e. The molecule has 2 aromatic carbocycles. The first-order valence-corrected chi connectivity index (χ1v) is 7.20. The lowest BCUT2D eigenvalue weighted by atomic mass is 10.1. The monoisotopic (exact) mass is 335 g/mol. The lowest BCUT2D eigenvalue weighted by molar-refractivity contribution is 0.212. The highest BCUT2D eigenvalue weighted by Crippen LogP contribution is 2.32. The van der Waals surface area contributed by atoms with Gasteiger partial charge in [-0.05, 0) is 46.6 Å². The Kier molecular flexibility index (Phi) is 5.04. The number of benzene rings is 2. The van der Waals surface area contributed by atoms with Crippen LogP contribution in [0.5, 0.6) is 11.5 Å². The summed E-state index contributed by atoms with van der Waals surface area (Å²) in [5, 5.41) is 0. The largest absolute Gasteiger partial charge is 0.497 e. The zero-order valence-electron chi connectivity index (χ0n) is 11.6. The number of rotatable bonds is 5. The molecule has 3 nitrogen and oxygen atoms in total. The second-order valence-electron chi connectivity index (χ2n) is 4.55. The zero-order valence-corrected chi connectivity index (χ0v) is 13.2. The van der Waals surface area contributed by atoms with Crippen molar-refractivity contribution < 1.29 is 9.47 Å². The molecule has 0 aliphatic rings. The summed E-state index contributed by atoms with van der Waals surface area (Å²) in [6.07, 6.45) is -0.166. The first kappa shape index (κ1) is 14.9. The predicted molar refractivity (Wildman–Crippen MR) is 84.3 cm³/mol. The molecule has 0 saturated heterocycles. The van der Waals surface area contributed by atoms with Crippen LogP contribution < -0.4 is 15.2 Å². The van der Waals surface area contributed by atoms with E-state index in [1.807, 2.05) is 30.3 Å². The first-order chi connectivity index (χ1) is 9.63. The first-order valence-electron chi connectivity index (χ1n) is 6.41. The van der Waals surface area contributed by atoms with Crippen LogP contribution in [0.4, 0.5) is 0 Å². The van der Waals surface area contributed by atoms with Gasteiger partial charge in [0.15, 0.2) is 0 Å². The van der Waals surface area contributed by atoms with Crippen LogP contribution in [0.15, 0.2) is 46.9 Å². The third kappa shape index (κ3) is 3.52. The molecular formula is C16H18BrNO2. The topological polar surface area (TPSA) is 44.5 Å². The number of nitrogens with two attached hydrogens (primary N) is 1. The van der Waals surface area contributed by atoms with Crippen molar-refractivity contribution in [2.75, 3.05) is 13.7 Å². The molecule has 0 radical (unpaired) electrons. The van der Waals surface area contributed by atoms with E-state index in [2.05, 4.69) is 35.0 Å². The van der Waals surface area contributed by atoms with Gasteiger partial charge in [-0.25, -0.2) is 0 Å². The van der Waals surface area contributed by atoms with Crippen LogP contribution in [-0.4, -0.2) is 13.7 Å². The van der Waals surface area contributed by atoms with Crippen LogP contribution in [0.1, 0.15) is 17.2 Å². The van der Waals surface area contributed by atoms with Crippen molar-refractivity contribution in [1.29, 1.82) is 0 Å². The maximum atomic E-state index is 5.99. The Morgan fingerprint density at radius 3 is 2.40 bits per heavy atom. The number of methoxy groups -OCH3 is 1. The van der Waals surface area contributed by atoms with Crippen LogP contribution in [0, 0.1) is 6.92 Å². The molecule has 2 N–H and O–H groups in total. The van der Waals surface area contributed by atoms with E-state index in [-0.39, 0.29) is 6.10 Å². The highest BCUT2D eigenvalue weighted by molar-refractivity contribution is 9.10. The summed E-state index contributed by atoms with van der Waals surface area (Å²) in [5.41, 5.74) is 8.12. The molecule has 1 unspecified atom stereocenters. The molecule has 4 heteroatoms. The summed E-state index contributed by atoms with van der Waals surface area (Å²) in [6.45, 7) is 2.48. The molecule has 0 amide bonds. The SMILES string of the molecule is COc1ccc(OC(CN)c2ccc(C)cc2)c(Br)c1. The highest BCUT2D eigenvalue weighted by Gasteiger charge is 2.13. The third-order valence-electron chi connectivity index (χ3n) is 3.07. The van der Waals surface area contributed by atoms with Crippen LogP contribution >= 0.6 is 15.9 Å². The number of hydrogen-bond donors (Lipinski definition) is 1. The van der Waals surface area contributed by atoms with E-state index in [1.54, 1.807) is 7.11 Å². The summed E-state index contributed by atoms with van der Waals surface area (Å²) >= 11 is 3.48. The number of aryl methyl sites for hydroxylation is 1. The fourth-order valence-corrected chi connectivity index (χ4v) is 2.34. The Hall–Kier alpha value is -1.52. The minimum atomic E-state index is -0.166. The number of hydrogen-bond acceptors (Lipinski definition) is 3. The highest BCUT2D eigenvalue weighted by atomic mass is 79.9. The minimum absolute atomic E-state index is 0.166. The van der Waals surface area contributed by atoms with Crippen LogP contribution in [0.3, 0.4) is 0 Å². The predicted octanol–water partition coefficient (Wildman–Crippen LogP) is 3.84.